The maximum Gasteiger partial charge on any atom is 0.320 e. The lowest BCUT2D eigenvalue weighted by atomic mass is 9.86. The average Bonchev–Trinajstić information content (AvgIpc) is 2.46. The minimum absolute atomic E-state index is 0.0675. The molecular weight excluding hydrogens is 270 g/mol. The Kier molecular flexibility index (Phi) is 5.45. The molecule has 2 aliphatic rings. The highest BCUT2D eigenvalue weighted by atomic mass is 16.4. The van der Waals surface area contributed by atoms with Crippen LogP contribution in [-0.4, -0.2) is 77.6 Å². The van der Waals surface area contributed by atoms with Gasteiger partial charge < -0.3 is 14.9 Å². The van der Waals surface area contributed by atoms with E-state index in [9.17, 15) is 9.59 Å². The lowest BCUT2D eigenvalue weighted by molar-refractivity contribution is -0.138. The number of amides is 2. The average molecular weight is 297 g/mol. The van der Waals surface area contributed by atoms with Crippen molar-refractivity contribution >= 4 is 12.0 Å². The van der Waals surface area contributed by atoms with Crippen LogP contribution in [0.3, 0.4) is 0 Å². The molecule has 0 aromatic carbocycles. The summed E-state index contributed by atoms with van der Waals surface area (Å²) in [5.41, 5.74) is 0. The van der Waals surface area contributed by atoms with Crippen LogP contribution in [-0.2, 0) is 4.79 Å². The highest BCUT2D eigenvalue weighted by molar-refractivity contribution is 5.74. The van der Waals surface area contributed by atoms with Crippen molar-refractivity contribution in [2.45, 2.75) is 38.6 Å². The normalized spacial score (nSPS) is 27.4. The van der Waals surface area contributed by atoms with Crippen LogP contribution < -0.4 is 0 Å². The quantitative estimate of drug-likeness (QED) is 0.853. The van der Waals surface area contributed by atoms with E-state index in [0.29, 0.717) is 38.1 Å². The second-order valence-corrected chi connectivity index (χ2v) is 6.48. The molecule has 6 nitrogen and oxygen atoms in total. The standard InChI is InChI=1S/C15H27N3O3/c1-12-4-3-5-13(10-12)16(2)15(21)18-8-6-17(7-9-18)11-14(19)20/h12-13H,3-11H2,1-2H3,(H,19,20). The zero-order valence-corrected chi connectivity index (χ0v) is 13.1. The largest absolute Gasteiger partial charge is 0.480 e. The monoisotopic (exact) mass is 297 g/mol. The topological polar surface area (TPSA) is 64.1 Å². The number of piperazine rings is 1. The molecule has 2 amide bonds. The van der Waals surface area contributed by atoms with Crippen molar-refractivity contribution < 1.29 is 14.7 Å². The van der Waals surface area contributed by atoms with Crippen LogP contribution in [0, 0.1) is 5.92 Å². The van der Waals surface area contributed by atoms with Crippen molar-refractivity contribution in [2.75, 3.05) is 39.8 Å². The summed E-state index contributed by atoms with van der Waals surface area (Å²) in [5.74, 6) is -0.102. The van der Waals surface area contributed by atoms with Gasteiger partial charge in [0, 0.05) is 39.3 Å². The van der Waals surface area contributed by atoms with Gasteiger partial charge >= 0.3 is 12.0 Å². The van der Waals surface area contributed by atoms with Crippen molar-refractivity contribution in [3.8, 4) is 0 Å². The van der Waals surface area contributed by atoms with Gasteiger partial charge in [-0.1, -0.05) is 19.8 Å². The number of carboxylic acids is 1. The lowest BCUT2D eigenvalue weighted by Crippen LogP contribution is -2.54. The number of carboxylic acid groups (broad SMARTS) is 1. The molecule has 1 N–H and O–H groups in total. The molecule has 1 saturated heterocycles. The summed E-state index contributed by atoms with van der Waals surface area (Å²) in [7, 11) is 1.91. The molecule has 2 rings (SSSR count). The summed E-state index contributed by atoms with van der Waals surface area (Å²) < 4.78 is 0. The van der Waals surface area contributed by atoms with Crippen LogP contribution in [0.2, 0.25) is 0 Å². The number of rotatable bonds is 3. The Labute approximate surface area is 126 Å². The molecule has 120 valence electrons. The number of hydrogen-bond acceptors (Lipinski definition) is 3. The van der Waals surface area contributed by atoms with Gasteiger partial charge in [-0.2, -0.15) is 0 Å². The van der Waals surface area contributed by atoms with Crippen LogP contribution >= 0.6 is 0 Å². The Hall–Kier alpha value is -1.30. The van der Waals surface area contributed by atoms with E-state index in [-0.39, 0.29) is 12.6 Å². The molecular formula is C15H27N3O3. The minimum atomic E-state index is -0.803. The Bertz CT molecular complexity index is 380. The predicted molar refractivity (Wildman–Crippen MR) is 80.2 cm³/mol. The first kappa shape index (κ1) is 16.1. The maximum absolute atomic E-state index is 12.5. The lowest BCUT2D eigenvalue weighted by Gasteiger charge is -2.40. The Morgan fingerprint density at radius 1 is 1.19 bits per heavy atom. The molecule has 0 spiro atoms. The van der Waals surface area contributed by atoms with E-state index < -0.39 is 5.97 Å². The number of hydrogen-bond donors (Lipinski definition) is 1. The van der Waals surface area contributed by atoms with Crippen LogP contribution in [0.5, 0.6) is 0 Å². The number of nitrogens with zero attached hydrogens (tertiary/aromatic N) is 3. The van der Waals surface area contributed by atoms with Gasteiger partial charge in [0.25, 0.3) is 0 Å². The van der Waals surface area contributed by atoms with Crippen molar-refractivity contribution in [1.82, 2.24) is 14.7 Å². The molecule has 1 aliphatic carbocycles. The van der Waals surface area contributed by atoms with Gasteiger partial charge in [-0.15, -0.1) is 0 Å². The molecule has 0 aromatic rings. The predicted octanol–water partition coefficient (Wildman–Crippen LogP) is 1.32. The van der Waals surface area contributed by atoms with Crippen molar-refractivity contribution in [3.63, 3.8) is 0 Å². The first-order valence-corrected chi connectivity index (χ1v) is 7.93. The molecule has 0 radical (unpaired) electrons. The molecule has 0 bridgehead atoms. The second kappa shape index (κ2) is 7.11. The van der Waals surface area contributed by atoms with Crippen molar-refractivity contribution in [3.05, 3.63) is 0 Å². The third-order valence-corrected chi connectivity index (χ3v) is 4.76. The maximum atomic E-state index is 12.5. The van der Waals surface area contributed by atoms with E-state index in [1.54, 1.807) is 0 Å². The summed E-state index contributed by atoms with van der Waals surface area (Å²) >= 11 is 0. The summed E-state index contributed by atoms with van der Waals surface area (Å²) in [5, 5.41) is 8.79. The highest BCUT2D eigenvalue weighted by Gasteiger charge is 2.30. The highest BCUT2D eigenvalue weighted by Crippen LogP contribution is 2.27. The minimum Gasteiger partial charge on any atom is -0.480 e. The summed E-state index contributed by atoms with van der Waals surface area (Å²) in [4.78, 5) is 28.9. The molecule has 1 saturated carbocycles. The SMILES string of the molecule is CC1CCCC(N(C)C(=O)N2CCN(CC(=O)O)CC2)C1. The van der Waals surface area contributed by atoms with Crippen LogP contribution in [0.4, 0.5) is 4.79 Å². The van der Waals surface area contributed by atoms with Gasteiger partial charge in [0.1, 0.15) is 0 Å². The molecule has 6 heteroatoms. The van der Waals surface area contributed by atoms with Gasteiger partial charge in [-0.25, -0.2) is 4.79 Å². The molecule has 1 aliphatic heterocycles. The van der Waals surface area contributed by atoms with Crippen LogP contribution in [0.15, 0.2) is 0 Å². The van der Waals surface area contributed by atoms with Crippen LogP contribution in [0.25, 0.3) is 0 Å². The fraction of sp³-hybridized carbons (Fsp3) is 0.867. The smallest absolute Gasteiger partial charge is 0.320 e. The second-order valence-electron chi connectivity index (χ2n) is 6.48. The molecule has 21 heavy (non-hydrogen) atoms. The summed E-state index contributed by atoms with van der Waals surface area (Å²) in [6.07, 6.45) is 4.68. The fourth-order valence-electron chi connectivity index (χ4n) is 3.42. The molecule has 0 aromatic heterocycles. The Morgan fingerprint density at radius 3 is 2.43 bits per heavy atom. The van der Waals surface area contributed by atoms with E-state index in [2.05, 4.69) is 6.92 Å². The van der Waals surface area contributed by atoms with Gasteiger partial charge in [-0.3, -0.25) is 9.69 Å². The zero-order valence-electron chi connectivity index (χ0n) is 13.1. The van der Waals surface area contributed by atoms with Gasteiger partial charge in [-0.05, 0) is 18.8 Å². The number of carbonyl (C=O) groups is 2. The first-order chi connectivity index (χ1) is 9.97. The molecule has 2 unspecified atom stereocenters. The van der Waals surface area contributed by atoms with E-state index in [4.69, 9.17) is 5.11 Å². The Morgan fingerprint density at radius 2 is 1.86 bits per heavy atom. The van der Waals surface area contributed by atoms with E-state index in [1.165, 1.54) is 12.8 Å². The van der Waals surface area contributed by atoms with E-state index in [1.807, 2.05) is 21.7 Å². The number of urea groups is 1. The molecule has 1 heterocycles. The molecule has 2 fully saturated rings. The molecule has 2 atom stereocenters. The number of carbonyl (C=O) groups excluding carboxylic acids is 1. The van der Waals surface area contributed by atoms with Gasteiger partial charge in [0.2, 0.25) is 0 Å². The fourth-order valence-corrected chi connectivity index (χ4v) is 3.42. The Balaban J connectivity index is 1.82. The summed E-state index contributed by atoms with van der Waals surface area (Å²) in [6.45, 7) is 4.87. The van der Waals surface area contributed by atoms with Crippen molar-refractivity contribution in [2.24, 2.45) is 5.92 Å². The van der Waals surface area contributed by atoms with Gasteiger partial charge in [0.15, 0.2) is 0 Å². The zero-order chi connectivity index (χ0) is 15.4. The van der Waals surface area contributed by atoms with E-state index >= 15 is 0 Å². The van der Waals surface area contributed by atoms with E-state index in [0.717, 1.165) is 12.8 Å². The van der Waals surface area contributed by atoms with Gasteiger partial charge in [0.05, 0.1) is 6.54 Å². The third-order valence-electron chi connectivity index (χ3n) is 4.76. The van der Waals surface area contributed by atoms with Crippen LogP contribution in [0.1, 0.15) is 32.6 Å². The van der Waals surface area contributed by atoms with Crippen molar-refractivity contribution in [1.29, 1.82) is 0 Å². The third kappa shape index (κ3) is 4.33. The number of aliphatic carboxylic acids is 1. The summed E-state index contributed by atoms with van der Waals surface area (Å²) in [6, 6.07) is 0.461. The first-order valence-electron chi connectivity index (χ1n) is 7.93.